The molecule has 0 aromatic carbocycles. The molecular weight excluding hydrogens is 174 g/mol. The molecule has 0 N–H and O–H groups in total. The zero-order chi connectivity index (χ0) is 9.40. The van der Waals surface area contributed by atoms with E-state index in [4.69, 9.17) is 16.3 Å². The van der Waals surface area contributed by atoms with E-state index in [0.29, 0.717) is 11.9 Å². The van der Waals surface area contributed by atoms with Crippen molar-refractivity contribution in [2.75, 3.05) is 32.2 Å². The van der Waals surface area contributed by atoms with Gasteiger partial charge in [0.15, 0.2) is 0 Å². The van der Waals surface area contributed by atoms with Gasteiger partial charge in [-0.05, 0) is 20.8 Å². The molecule has 0 fully saturated rings. The van der Waals surface area contributed by atoms with Gasteiger partial charge in [0.05, 0.1) is 6.61 Å². The van der Waals surface area contributed by atoms with Gasteiger partial charge < -0.3 is 4.74 Å². The van der Waals surface area contributed by atoms with Crippen LogP contribution in [0.5, 0.6) is 0 Å². The van der Waals surface area contributed by atoms with E-state index in [0.717, 1.165) is 26.3 Å². The molecule has 0 unspecified atom stereocenters. The van der Waals surface area contributed by atoms with Gasteiger partial charge in [0.2, 0.25) is 0 Å². The van der Waals surface area contributed by atoms with Gasteiger partial charge in [-0.25, -0.2) is 0 Å². The lowest BCUT2D eigenvalue weighted by Crippen LogP contribution is -2.35. The largest absolute Gasteiger partial charge is 0.380 e. The maximum Gasteiger partial charge on any atom is 0.0593 e. The fourth-order valence-corrected chi connectivity index (χ4v) is 1.28. The van der Waals surface area contributed by atoms with Crippen LogP contribution in [0.15, 0.2) is 0 Å². The number of hydrogen-bond donors (Lipinski definition) is 0. The van der Waals surface area contributed by atoms with Crippen LogP contribution in [-0.2, 0) is 4.74 Å². The summed E-state index contributed by atoms with van der Waals surface area (Å²) in [6, 6.07) is 0.559. The Kier molecular flexibility index (Phi) is 7.98. The molecule has 74 valence electrons. The fourth-order valence-electron chi connectivity index (χ4n) is 1.06. The Morgan fingerprint density at radius 2 is 2.00 bits per heavy atom. The van der Waals surface area contributed by atoms with Crippen molar-refractivity contribution >= 4 is 11.6 Å². The smallest absolute Gasteiger partial charge is 0.0593 e. The molecule has 0 aliphatic heterocycles. The summed E-state index contributed by atoms with van der Waals surface area (Å²) < 4.78 is 5.28. The number of ether oxygens (including phenoxy) is 1. The van der Waals surface area contributed by atoms with E-state index < -0.39 is 0 Å². The van der Waals surface area contributed by atoms with Crippen molar-refractivity contribution in [2.45, 2.75) is 26.8 Å². The van der Waals surface area contributed by atoms with Crippen molar-refractivity contribution in [1.29, 1.82) is 0 Å². The quantitative estimate of drug-likeness (QED) is 0.453. The van der Waals surface area contributed by atoms with Gasteiger partial charge in [-0.1, -0.05) is 0 Å². The molecule has 0 spiro atoms. The Labute approximate surface area is 80.8 Å². The summed E-state index contributed by atoms with van der Waals surface area (Å²) in [5.74, 6) is 0.699. The lowest BCUT2D eigenvalue weighted by atomic mass is 10.3. The summed E-state index contributed by atoms with van der Waals surface area (Å²) in [5, 5.41) is 0. The molecule has 0 atom stereocenters. The molecule has 0 rings (SSSR count). The highest BCUT2D eigenvalue weighted by Gasteiger charge is 2.07. The van der Waals surface area contributed by atoms with Crippen molar-refractivity contribution in [3.05, 3.63) is 0 Å². The first-order valence-corrected chi connectivity index (χ1v) is 5.13. The van der Waals surface area contributed by atoms with Crippen LogP contribution in [0, 0.1) is 0 Å². The van der Waals surface area contributed by atoms with Crippen LogP contribution in [0.25, 0.3) is 0 Å². The standard InChI is InChI=1S/C9H20ClNO/c1-4-12-8-7-11(6-5-10)9(2)3/h9H,4-8H2,1-3H3. The molecule has 3 heteroatoms. The average Bonchev–Trinajstić information content (AvgIpc) is 2.03. The third kappa shape index (κ3) is 5.81. The highest BCUT2D eigenvalue weighted by atomic mass is 35.5. The van der Waals surface area contributed by atoms with E-state index in [1.165, 1.54) is 0 Å². The van der Waals surface area contributed by atoms with Crippen LogP contribution in [-0.4, -0.2) is 43.1 Å². The first-order valence-electron chi connectivity index (χ1n) is 4.60. The van der Waals surface area contributed by atoms with E-state index in [2.05, 4.69) is 18.7 Å². The number of alkyl halides is 1. The third-order valence-electron chi connectivity index (χ3n) is 1.83. The fraction of sp³-hybridized carbons (Fsp3) is 1.00. The predicted octanol–water partition coefficient (Wildman–Crippen LogP) is 1.97. The van der Waals surface area contributed by atoms with Crippen LogP contribution in [0.3, 0.4) is 0 Å². The highest BCUT2D eigenvalue weighted by Crippen LogP contribution is 1.98. The Morgan fingerprint density at radius 1 is 1.33 bits per heavy atom. The molecule has 0 aromatic heterocycles. The first kappa shape index (κ1) is 12.2. The summed E-state index contributed by atoms with van der Waals surface area (Å²) in [5.41, 5.74) is 0. The predicted molar refractivity (Wildman–Crippen MR) is 53.9 cm³/mol. The number of hydrogen-bond acceptors (Lipinski definition) is 2. The van der Waals surface area contributed by atoms with Gasteiger partial charge in [0, 0.05) is 31.6 Å². The van der Waals surface area contributed by atoms with Gasteiger partial charge in [0.1, 0.15) is 0 Å². The van der Waals surface area contributed by atoms with E-state index in [1.54, 1.807) is 0 Å². The first-order chi connectivity index (χ1) is 5.72. The molecule has 12 heavy (non-hydrogen) atoms. The SMILES string of the molecule is CCOCCN(CCCl)C(C)C. The van der Waals surface area contributed by atoms with Crippen LogP contribution in [0.2, 0.25) is 0 Å². The Hall–Kier alpha value is 0.210. The maximum atomic E-state index is 5.67. The molecule has 0 saturated carbocycles. The molecule has 2 nitrogen and oxygen atoms in total. The maximum absolute atomic E-state index is 5.67. The second kappa shape index (κ2) is 7.84. The Balaban J connectivity index is 3.49. The summed E-state index contributed by atoms with van der Waals surface area (Å²) in [7, 11) is 0. The van der Waals surface area contributed by atoms with Gasteiger partial charge in [-0.15, -0.1) is 11.6 Å². The normalized spacial score (nSPS) is 11.5. The van der Waals surface area contributed by atoms with Gasteiger partial charge in [-0.3, -0.25) is 4.90 Å². The molecule has 0 radical (unpaired) electrons. The van der Waals surface area contributed by atoms with Crippen LogP contribution in [0.1, 0.15) is 20.8 Å². The molecule has 0 saturated heterocycles. The Morgan fingerprint density at radius 3 is 2.42 bits per heavy atom. The van der Waals surface area contributed by atoms with Crippen molar-refractivity contribution in [3.63, 3.8) is 0 Å². The monoisotopic (exact) mass is 193 g/mol. The van der Waals surface area contributed by atoms with E-state index in [9.17, 15) is 0 Å². The number of halogens is 1. The zero-order valence-electron chi connectivity index (χ0n) is 8.35. The van der Waals surface area contributed by atoms with Crippen molar-refractivity contribution < 1.29 is 4.74 Å². The van der Waals surface area contributed by atoms with E-state index in [1.807, 2.05) is 6.92 Å². The second-order valence-electron chi connectivity index (χ2n) is 3.02. The summed E-state index contributed by atoms with van der Waals surface area (Å²) in [6.07, 6.45) is 0. The minimum Gasteiger partial charge on any atom is -0.380 e. The zero-order valence-corrected chi connectivity index (χ0v) is 9.10. The summed E-state index contributed by atoms with van der Waals surface area (Å²) in [4.78, 5) is 2.32. The minimum atomic E-state index is 0.559. The van der Waals surface area contributed by atoms with Crippen LogP contribution < -0.4 is 0 Å². The number of nitrogens with zero attached hydrogens (tertiary/aromatic N) is 1. The third-order valence-corrected chi connectivity index (χ3v) is 2.00. The highest BCUT2D eigenvalue weighted by molar-refractivity contribution is 6.18. The molecule has 0 aliphatic carbocycles. The van der Waals surface area contributed by atoms with Crippen molar-refractivity contribution in [3.8, 4) is 0 Å². The van der Waals surface area contributed by atoms with Gasteiger partial charge in [0.25, 0.3) is 0 Å². The van der Waals surface area contributed by atoms with E-state index >= 15 is 0 Å². The second-order valence-corrected chi connectivity index (χ2v) is 3.39. The Bertz CT molecular complexity index is 98.5. The van der Waals surface area contributed by atoms with Crippen molar-refractivity contribution in [2.24, 2.45) is 0 Å². The van der Waals surface area contributed by atoms with Crippen molar-refractivity contribution in [1.82, 2.24) is 4.90 Å². The lowest BCUT2D eigenvalue weighted by Gasteiger charge is -2.25. The van der Waals surface area contributed by atoms with E-state index in [-0.39, 0.29) is 0 Å². The minimum absolute atomic E-state index is 0.559. The molecule has 0 aromatic rings. The molecule has 0 heterocycles. The van der Waals surface area contributed by atoms with Gasteiger partial charge >= 0.3 is 0 Å². The van der Waals surface area contributed by atoms with Crippen LogP contribution in [0.4, 0.5) is 0 Å². The number of rotatable bonds is 7. The molecular formula is C9H20ClNO. The molecule has 0 amide bonds. The molecule has 0 aliphatic rings. The topological polar surface area (TPSA) is 12.5 Å². The average molecular weight is 194 g/mol. The van der Waals surface area contributed by atoms with Gasteiger partial charge in [-0.2, -0.15) is 0 Å². The summed E-state index contributed by atoms with van der Waals surface area (Å²) in [6.45, 7) is 9.92. The lowest BCUT2D eigenvalue weighted by molar-refractivity contribution is 0.104. The molecule has 0 bridgehead atoms. The van der Waals surface area contributed by atoms with Crippen LogP contribution >= 0.6 is 11.6 Å². The summed E-state index contributed by atoms with van der Waals surface area (Å²) >= 11 is 5.67.